The molecule has 0 heterocycles. The molecule has 0 bridgehead atoms. The molecular weight excluding hydrogens is 252 g/mol. The number of hydrogen-bond acceptors (Lipinski definition) is 3. The van der Waals surface area contributed by atoms with Crippen molar-refractivity contribution in [3.05, 3.63) is 0 Å². The number of carbonyl (C=O) groups excluding carboxylic acids is 1. The van der Waals surface area contributed by atoms with E-state index in [2.05, 4.69) is 20.8 Å². The summed E-state index contributed by atoms with van der Waals surface area (Å²) < 4.78 is 5.30. The van der Waals surface area contributed by atoms with E-state index in [9.17, 15) is 9.90 Å². The molecule has 0 saturated heterocycles. The Labute approximate surface area is 123 Å². The maximum absolute atomic E-state index is 11.2. The van der Waals surface area contributed by atoms with Crippen LogP contribution in [0.15, 0.2) is 0 Å². The van der Waals surface area contributed by atoms with Gasteiger partial charge in [0.15, 0.2) is 0 Å². The van der Waals surface area contributed by atoms with Crippen LogP contribution in [0.25, 0.3) is 0 Å². The maximum atomic E-state index is 11.2. The van der Waals surface area contributed by atoms with Gasteiger partial charge in [-0.15, -0.1) is 0 Å². The van der Waals surface area contributed by atoms with Crippen molar-refractivity contribution in [2.75, 3.05) is 6.61 Å². The van der Waals surface area contributed by atoms with Crippen LogP contribution < -0.4 is 0 Å². The van der Waals surface area contributed by atoms with E-state index in [1.165, 1.54) is 19.8 Å². The highest BCUT2D eigenvalue weighted by atomic mass is 16.5. The van der Waals surface area contributed by atoms with Crippen molar-refractivity contribution in [1.29, 1.82) is 0 Å². The highest BCUT2D eigenvalue weighted by Gasteiger charge is 2.58. The Morgan fingerprint density at radius 3 is 2.45 bits per heavy atom. The lowest BCUT2D eigenvalue weighted by Gasteiger charge is -2.60. The van der Waals surface area contributed by atoms with E-state index < -0.39 is 5.60 Å². The lowest BCUT2D eigenvalue weighted by molar-refractivity contribution is -0.188. The second-order valence-electron chi connectivity index (χ2n) is 8.15. The normalized spacial score (nSPS) is 43.7. The molecule has 0 aromatic rings. The fraction of sp³-hybridized carbons (Fsp3) is 0.941. The van der Waals surface area contributed by atoms with E-state index in [-0.39, 0.29) is 17.3 Å². The van der Waals surface area contributed by atoms with Gasteiger partial charge in [0.1, 0.15) is 0 Å². The van der Waals surface area contributed by atoms with Gasteiger partial charge >= 0.3 is 5.97 Å². The SMILES string of the molecule is CC(=O)OC[C@@H]1[C@@]2(C)CCCC(C)(C)C2CC[C@@]1(C)O. The van der Waals surface area contributed by atoms with Crippen LogP contribution >= 0.6 is 0 Å². The van der Waals surface area contributed by atoms with Crippen molar-refractivity contribution >= 4 is 5.97 Å². The van der Waals surface area contributed by atoms with Crippen LogP contribution in [0.3, 0.4) is 0 Å². The van der Waals surface area contributed by atoms with Crippen molar-refractivity contribution in [3.63, 3.8) is 0 Å². The predicted octanol–water partition coefficient (Wildman–Crippen LogP) is 3.54. The van der Waals surface area contributed by atoms with Crippen LogP contribution in [0.4, 0.5) is 0 Å². The van der Waals surface area contributed by atoms with Crippen molar-refractivity contribution in [3.8, 4) is 0 Å². The molecule has 0 aliphatic heterocycles. The third-order valence-electron chi connectivity index (χ3n) is 6.22. The van der Waals surface area contributed by atoms with Gasteiger partial charge in [-0.3, -0.25) is 4.79 Å². The minimum absolute atomic E-state index is 0.0391. The van der Waals surface area contributed by atoms with E-state index in [1.807, 2.05) is 6.92 Å². The summed E-state index contributed by atoms with van der Waals surface area (Å²) >= 11 is 0. The standard InChI is InChI=1S/C17H30O3/c1-12(18)20-11-14-16(4)9-6-8-15(2,3)13(16)7-10-17(14,5)19/h13-14,19H,6-11H2,1-5H3/t13?,14-,16+,17-/m1/s1. The third kappa shape index (κ3) is 2.61. The Morgan fingerprint density at radius 2 is 1.85 bits per heavy atom. The van der Waals surface area contributed by atoms with E-state index in [4.69, 9.17) is 4.74 Å². The van der Waals surface area contributed by atoms with E-state index in [0.29, 0.717) is 17.9 Å². The highest BCUT2D eigenvalue weighted by molar-refractivity contribution is 5.65. The number of hydrogen-bond donors (Lipinski definition) is 1. The number of rotatable bonds is 2. The second-order valence-corrected chi connectivity index (χ2v) is 8.15. The molecular formula is C17H30O3. The lowest BCUT2D eigenvalue weighted by Crippen LogP contribution is -2.59. The molecule has 0 amide bonds. The Morgan fingerprint density at radius 1 is 1.20 bits per heavy atom. The summed E-state index contributed by atoms with van der Waals surface area (Å²) in [5.41, 5.74) is -0.342. The molecule has 4 atom stereocenters. The first kappa shape index (κ1) is 15.8. The first-order chi connectivity index (χ1) is 9.09. The van der Waals surface area contributed by atoms with E-state index >= 15 is 0 Å². The zero-order chi connectivity index (χ0) is 15.2. The molecule has 0 aromatic heterocycles. The zero-order valence-electron chi connectivity index (χ0n) is 13.7. The third-order valence-corrected chi connectivity index (χ3v) is 6.22. The molecule has 2 fully saturated rings. The molecule has 0 spiro atoms. The number of fused-ring (bicyclic) bond motifs is 1. The summed E-state index contributed by atoms with van der Waals surface area (Å²) in [6.45, 7) is 10.7. The lowest BCUT2D eigenvalue weighted by atomic mass is 9.46. The number of ether oxygens (including phenoxy) is 1. The maximum Gasteiger partial charge on any atom is 0.302 e. The molecule has 2 aliphatic rings. The topological polar surface area (TPSA) is 46.5 Å². The molecule has 1 N–H and O–H groups in total. The first-order valence-corrected chi connectivity index (χ1v) is 7.95. The quantitative estimate of drug-likeness (QED) is 0.788. The average Bonchev–Trinajstić information content (AvgIpc) is 2.25. The summed E-state index contributed by atoms with van der Waals surface area (Å²) in [6.07, 6.45) is 5.47. The molecule has 2 saturated carbocycles. The van der Waals surface area contributed by atoms with Gasteiger partial charge in [-0.2, -0.15) is 0 Å². The van der Waals surface area contributed by atoms with Gasteiger partial charge in [0.2, 0.25) is 0 Å². The van der Waals surface area contributed by atoms with Crippen LogP contribution in [0.5, 0.6) is 0 Å². The predicted molar refractivity (Wildman–Crippen MR) is 79.2 cm³/mol. The molecule has 2 aliphatic carbocycles. The molecule has 2 rings (SSSR count). The Hall–Kier alpha value is -0.570. The Kier molecular flexibility index (Phi) is 3.96. The van der Waals surface area contributed by atoms with Gasteiger partial charge < -0.3 is 9.84 Å². The molecule has 0 aromatic carbocycles. The summed E-state index contributed by atoms with van der Waals surface area (Å²) in [7, 11) is 0. The number of carbonyl (C=O) groups is 1. The fourth-order valence-corrected chi connectivity index (χ4v) is 5.20. The smallest absolute Gasteiger partial charge is 0.302 e. The van der Waals surface area contributed by atoms with Gasteiger partial charge in [0, 0.05) is 12.8 Å². The van der Waals surface area contributed by atoms with Gasteiger partial charge in [-0.05, 0) is 49.4 Å². The zero-order valence-corrected chi connectivity index (χ0v) is 13.7. The van der Waals surface area contributed by atoms with Crippen LogP contribution in [0, 0.1) is 22.7 Å². The van der Waals surface area contributed by atoms with Gasteiger partial charge in [0.05, 0.1) is 12.2 Å². The minimum Gasteiger partial charge on any atom is -0.465 e. The minimum atomic E-state index is -0.728. The van der Waals surface area contributed by atoms with Crippen LogP contribution in [-0.2, 0) is 9.53 Å². The number of esters is 1. The van der Waals surface area contributed by atoms with Crippen LogP contribution in [0.1, 0.15) is 66.7 Å². The second kappa shape index (κ2) is 5.01. The van der Waals surface area contributed by atoms with Crippen LogP contribution in [0.2, 0.25) is 0 Å². The molecule has 116 valence electrons. The monoisotopic (exact) mass is 282 g/mol. The van der Waals surface area contributed by atoms with Crippen molar-refractivity contribution in [2.45, 2.75) is 72.3 Å². The molecule has 20 heavy (non-hydrogen) atoms. The fourth-order valence-electron chi connectivity index (χ4n) is 5.20. The first-order valence-electron chi connectivity index (χ1n) is 7.95. The van der Waals surface area contributed by atoms with Gasteiger partial charge in [0.25, 0.3) is 0 Å². The molecule has 3 nitrogen and oxygen atoms in total. The van der Waals surface area contributed by atoms with Crippen LogP contribution in [-0.4, -0.2) is 23.3 Å². The highest BCUT2D eigenvalue weighted by Crippen LogP contribution is 2.61. The summed E-state index contributed by atoms with van der Waals surface area (Å²) in [4.78, 5) is 11.2. The Balaban J connectivity index is 2.30. The van der Waals surface area contributed by atoms with Gasteiger partial charge in [-0.25, -0.2) is 0 Å². The van der Waals surface area contributed by atoms with Crippen molar-refractivity contribution < 1.29 is 14.6 Å². The molecule has 1 unspecified atom stereocenters. The number of aliphatic hydroxyl groups is 1. The molecule has 0 radical (unpaired) electrons. The van der Waals surface area contributed by atoms with Crippen molar-refractivity contribution in [1.82, 2.24) is 0 Å². The van der Waals surface area contributed by atoms with Crippen molar-refractivity contribution in [2.24, 2.45) is 22.7 Å². The van der Waals surface area contributed by atoms with Gasteiger partial charge in [-0.1, -0.05) is 27.2 Å². The summed E-state index contributed by atoms with van der Waals surface area (Å²) in [6, 6.07) is 0. The summed E-state index contributed by atoms with van der Waals surface area (Å²) in [5.74, 6) is 0.392. The Bertz CT molecular complexity index is 386. The summed E-state index contributed by atoms with van der Waals surface area (Å²) in [5, 5.41) is 10.8. The van der Waals surface area contributed by atoms with E-state index in [1.54, 1.807) is 0 Å². The van der Waals surface area contributed by atoms with E-state index in [0.717, 1.165) is 19.3 Å². The average molecular weight is 282 g/mol. The largest absolute Gasteiger partial charge is 0.465 e. The molecule has 3 heteroatoms.